The molecule has 4 nitrogen and oxygen atoms in total. The first-order valence-corrected chi connectivity index (χ1v) is 7.87. The van der Waals surface area contributed by atoms with Gasteiger partial charge in [0.1, 0.15) is 0 Å². The molecule has 0 atom stereocenters. The normalized spacial score (nSPS) is 18.6. The summed E-state index contributed by atoms with van der Waals surface area (Å²) in [6.07, 6.45) is 3.70. The van der Waals surface area contributed by atoms with Crippen molar-refractivity contribution in [3.05, 3.63) is 28.2 Å². The van der Waals surface area contributed by atoms with Crippen LogP contribution in [0.3, 0.4) is 0 Å². The van der Waals surface area contributed by atoms with Crippen LogP contribution in [0.15, 0.2) is 27.8 Å². The third kappa shape index (κ3) is 2.77. The monoisotopic (exact) mass is 339 g/mol. The van der Waals surface area contributed by atoms with Gasteiger partial charge in [-0.3, -0.25) is 0 Å². The molecule has 1 fully saturated rings. The van der Waals surface area contributed by atoms with Gasteiger partial charge in [0.25, 0.3) is 0 Å². The SMILES string of the molecule is CCC1(CC)CCN(c2ccc(/C(N)=N/O)c(Br)c2)C1. The van der Waals surface area contributed by atoms with E-state index in [0.29, 0.717) is 11.0 Å². The van der Waals surface area contributed by atoms with Gasteiger partial charge in [-0.15, -0.1) is 0 Å². The Morgan fingerprint density at radius 2 is 2.15 bits per heavy atom. The fourth-order valence-corrected chi connectivity index (χ4v) is 3.51. The zero-order valence-electron chi connectivity index (χ0n) is 12.1. The fourth-order valence-electron chi connectivity index (χ4n) is 2.94. The molecule has 5 heteroatoms. The van der Waals surface area contributed by atoms with Crippen molar-refractivity contribution >= 4 is 27.5 Å². The van der Waals surface area contributed by atoms with Gasteiger partial charge in [-0.1, -0.05) is 19.0 Å². The van der Waals surface area contributed by atoms with Gasteiger partial charge >= 0.3 is 0 Å². The molecule has 0 bridgehead atoms. The van der Waals surface area contributed by atoms with Crippen LogP contribution in [0.1, 0.15) is 38.7 Å². The molecule has 2 rings (SSSR count). The van der Waals surface area contributed by atoms with Gasteiger partial charge < -0.3 is 15.8 Å². The van der Waals surface area contributed by atoms with Crippen LogP contribution in [-0.2, 0) is 0 Å². The maximum atomic E-state index is 8.76. The molecule has 0 spiro atoms. The standard InChI is InChI=1S/C15H22BrN3O/c1-3-15(4-2)7-8-19(10-15)11-5-6-12(13(16)9-11)14(17)18-20/h5-6,9,20H,3-4,7-8,10H2,1-2H3,(H2,17,18). The summed E-state index contributed by atoms with van der Waals surface area (Å²) in [6.45, 7) is 6.77. The molecule has 1 aliphatic rings. The van der Waals surface area contributed by atoms with Crippen LogP contribution in [0.5, 0.6) is 0 Å². The summed E-state index contributed by atoms with van der Waals surface area (Å²) in [5.74, 6) is 0.126. The van der Waals surface area contributed by atoms with Crippen molar-refractivity contribution in [1.82, 2.24) is 0 Å². The molecule has 0 amide bonds. The Morgan fingerprint density at radius 3 is 2.65 bits per heavy atom. The van der Waals surface area contributed by atoms with Gasteiger partial charge in [0.15, 0.2) is 5.84 Å². The number of nitrogens with two attached hydrogens (primary N) is 1. The minimum Gasteiger partial charge on any atom is -0.409 e. The lowest BCUT2D eigenvalue weighted by Gasteiger charge is -2.27. The third-order valence-corrected chi connectivity index (χ3v) is 5.30. The molecule has 0 unspecified atom stereocenters. The van der Waals surface area contributed by atoms with Crippen LogP contribution >= 0.6 is 15.9 Å². The summed E-state index contributed by atoms with van der Waals surface area (Å²) < 4.78 is 0.857. The zero-order chi connectivity index (χ0) is 14.8. The predicted octanol–water partition coefficient (Wildman–Crippen LogP) is 3.56. The van der Waals surface area contributed by atoms with Gasteiger partial charge in [0.2, 0.25) is 0 Å². The minimum absolute atomic E-state index is 0.126. The Labute approximate surface area is 128 Å². The lowest BCUT2D eigenvalue weighted by molar-refractivity contribution is 0.301. The predicted molar refractivity (Wildman–Crippen MR) is 86.5 cm³/mol. The van der Waals surface area contributed by atoms with Crippen molar-refractivity contribution in [2.24, 2.45) is 16.3 Å². The van der Waals surface area contributed by atoms with Crippen molar-refractivity contribution in [3.63, 3.8) is 0 Å². The van der Waals surface area contributed by atoms with Crippen LogP contribution in [0.2, 0.25) is 0 Å². The van der Waals surface area contributed by atoms with Crippen LogP contribution in [0.25, 0.3) is 0 Å². The van der Waals surface area contributed by atoms with Crippen LogP contribution < -0.4 is 10.6 Å². The third-order valence-electron chi connectivity index (χ3n) is 4.64. The van der Waals surface area contributed by atoms with Crippen molar-refractivity contribution in [2.75, 3.05) is 18.0 Å². The van der Waals surface area contributed by atoms with Crippen molar-refractivity contribution in [1.29, 1.82) is 0 Å². The van der Waals surface area contributed by atoms with E-state index in [0.717, 1.165) is 17.6 Å². The van der Waals surface area contributed by atoms with E-state index in [9.17, 15) is 0 Å². The maximum absolute atomic E-state index is 8.76. The molecule has 0 saturated carbocycles. The highest BCUT2D eigenvalue weighted by molar-refractivity contribution is 9.10. The second-order valence-electron chi connectivity index (χ2n) is 5.53. The van der Waals surface area contributed by atoms with Crippen molar-refractivity contribution in [2.45, 2.75) is 33.1 Å². The van der Waals surface area contributed by atoms with E-state index in [1.54, 1.807) is 0 Å². The number of hydrogen-bond donors (Lipinski definition) is 2. The molecular weight excluding hydrogens is 318 g/mol. The molecule has 1 heterocycles. The molecular formula is C15H22BrN3O. The Kier molecular flexibility index (Phi) is 4.58. The largest absolute Gasteiger partial charge is 0.409 e. The van der Waals surface area contributed by atoms with E-state index in [1.807, 2.05) is 12.1 Å². The lowest BCUT2D eigenvalue weighted by atomic mass is 9.82. The molecule has 1 aromatic rings. The molecule has 1 saturated heterocycles. The smallest absolute Gasteiger partial charge is 0.171 e. The number of halogens is 1. The van der Waals surface area contributed by atoms with Gasteiger partial charge in [0, 0.05) is 28.8 Å². The van der Waals surface area contributed by atoms with E-state index < -0.39 is 0 Å². The lowest BCUT2D eigenvalue weighted by Crippen LogP contribution is -2.26. The van der Waals surface area contributed by atoms with E-state index in [-0.39, 0.29) is 5.84 Å². The average Bonchev–Trinajstić information content (AvgIpc) is 2.91. The van der Waals surface area contributed by atoms with E-state index in [2.05, 4.69) is 45.9 Å². The summed E-state index contributed by atoms with van der Waals surface area (Å²) in [5.41, 5.74) is 8.00. The van der Waals surface area contributed by atoms with Crippen molar-refractivity contribution in [3.8, 4) is 0 Å². The number of anilines is 1. The van der Waals surface area contributed by atoms with Gasteiger partial charge in [-0.25, -0.2) is 0 Å². The van der Waals surface area contributed by atoms with Gasteiger partial charge in [-0.05, 0) is 58.8 Å². The summed E-state index contributed by atoms with van der Waals surface area (Å²) >= 11 is 3.50. The summed E-state index contributed by atoms with van der Waals surface area (Å²) in [6, 6.07) is 5.99. The molecule has 110 valence electrons. The van der Waals surface area contributed by atoms with Crippen LogP contribution in [0, 0.1) is 5.41 Å². The maximum Gasteiger partial charge on any atom is 0.171 e. The first-order chi connectivity index (χ1) is 9.55. The van der Waals surface area contributed by atoms with E-state index in [1.165, 1.54) is 24.9 Å². The average molecular weight is 340 g/mol. The number of nitrogens with zero attached hydrogens (tertiary/aromatic N) is 2. The fraction of sp³-hybridized carbons (Fsp3) is 0.533. The minimum atomic E-state index is 0.126. The summed E-state index contributed by atoms with van der Waals surface area (Å²) in [5, 5.41) is 11.8. The number of amidine groups is 1. The Hall–Kier alpha value is -1.23. The molecule has 0 radical (unpaired) electrons. The second-order valence-corrected chi connectivity index (χ2v) is 6.38. The first-order valence-electron chi connectivity index (χ1n) is 7.07. The molecule has 0 aliphatic carbocycles. The molecule has 1 aromatic carbocycles. The van der Waals surface area contributed by atoms with E-state index in [4.69, 9.17) is 10.9 Å². The Morgan fingerprint density at radius 1 is 1.45 bits per heavy atom. The quantitative estimate of drug-likeness (QED) is 0.381. The first kappa shape index (κ1) is 15.2. The summed E-state index contributed by atoms with van der Waals surface area (Å²) in [7, 11) is 0. The van der Waals surface area contributed by atoms with E-state index >= 15 is 0 Å². The molecule has 1 aliphatic heterocycles. The van der Waals surface area contributed by atoms with Gasteiger partial charge in [-0.2, -0.15) is 0 Å². The zero-order valence-corrected chi connectivity index (χ0v) is 13.7. The number of benzene rings is 1. The second kappa shape index (κ2) is 6.04. The molecule has 0 aromatic heterocycles. The topological polar surface area (TPSA) is 61.8 Å². The molecule has 20 heavy (non-hydrogen) atoms. The van der Waals surface area contributed by atoms with Crippen LogP contribution in [0.4, 0.5) is 5.69 Å². The number of rotatable bonds is 4. The highest BCUT2D eigenvalue weighted by Gasteiger charge is 2.35. The molecule has 3 N–H and O–H groups in total. The number of oxime groups is 1. The highest BCUT2D eigenvalue weighted by Crippen LogP contribution is 2.39. The Bertz CT molecular complexity index is 512. The van der Waals surface area contributed by atoms with Crippen LogP contribution in [-0.4, -0.2) is 24.1 Å². The highest BCUT2D eigenvalue weighted by atomic mass is 79.9. The summed E-state index contributed by atoms with van der Waals surface area (Å²) in [4.78, 5) is 2.42. The van der Waals surface area contributed by atoms with Crippen molar-refractivity contribution < 1.29 is 5.21 Å². The number of hydrogen-bond acceptors (Lipinski definition) is 3. The Balaban J connectivity index is 2.22. The van der Waals surface area contributed by atoms with Gasteiger partial charge in [0.05, 0.1) is 0 Å².